The molecular formula is C24H26FN7O2. The number of aromatic amines is 1. The summed E-state index contributed by atoms with van der Waals surface area (Å²) in [5.74, 6) is 0.858. The Balaban J connectivity index is 1.48. The lowest BCUT2D eigenvalue weighted by atomic mass is 9.87. The fourth-order valence-electron chi connectivity index (χ4n) is 4.98. The summed E-state index contributed by atoms with van der Waals surface area (Å²) in [4.78, 5) is 19.2. The summed E-state index contributed by atoms with van der Waals surface area (Å²) in [7, 11) is 1.76. The second-order valence-corrected chi connectivity index (χ2v) is 9.13. The van der Waals surface area contributed by atoms with Crippen molar-refractivity contribution >= 4 is 33.4 Å². The summed E-state index contributed by atoms with van der Waals surface area (Å²) in [5, 5.41) is 17.8. The van der Waals surface area contributed by atoms with Crippen LogP contribution in [0, 0.1) is 5.82 Å². The first-order valence-electron chi connectivity index (χ1n) is 11.5. The Hall–Kier alpha value is -3.50. The molecule has 0 bridgehead atoms. The molecule has 2 unspecified atom stereocenters. The smallest absolute Gasteiger partial charge is 0.326 e. The molecule has 2 atom stereocenters. The highest BCUT2D eigenvalue weighted by Crippen LogP contribution is 2.40. The third kappa shape index (κ3) is 3.41. The number of fused-ring (bicyclic) bond motifs is 3. The number of aromatic nitrogens is 4. The van der Waals surface area contributed by atoms with E-state index in [1.807, 2.05) is 0 Å². The SMILES string of the molecule is CNc1cc(F)cc2c1[nH]c1nc(Oc3ccc(C(C)O)nc3)nc(N3CCC4(CCN4)C3)c12. The zero-order valence-electron chi connectivity index (χ0n) is 19.0. The lowest BCUT2D eigenvalue weighted by Gasteiger charge is -2.39. The molecule has 0 amide bonds. The van der Waals surface area contributed by atoms with Gasteiger partial charge in [0.2, 0.25) is 0 Å². The highest BCUT2D eigenvalue weighted by molar-refractivity contribution is 6.14. The molecule has 2 aliphatic heterocycles. The number of pyridine rings is 1. The molecule has 0 radical (unpaired) electrons. The number of anilines is 2. The minimum absolute atomic E-state index is 0.118. The van der Waals surface area contributed by atoms with E-state index in [1.165, 1.54) is 18.3 Å². The van der Waals surface area contributed by atoms with Gasteiger partial charge in [-0.15, -0.1) is 0 Å². The van der Waals surface area contributed by atoms with Gasteiger partial charge in [-0.1, -0.05) is 0 Å². The number of nitrogens with zero attached hydrogens (tertiary/aromatic N) is 4. The molecule has 0 saturated carbocycles. The number of H-pyrrole nitrogens is 1. The molecule has 1 spiro atoms. The summed E-state index contributed by atoms with van der Waals surface area (Å²) in [6.07, 6.45) is 3.04. The van der Waals surface area contributed by atoms with Crippen molar-refractivity contribution in [1.29, 1.82) is 0 Å². The highest BCUT2D eigenvalue weighted by atomic mass is 19.1. The fourth-order valence-corrected chi connectivity index (χ4v) is 4.98. The van der Waals surface area contributed by atoms with Crippen molar-refractivity contribution in [3.05, 3.63) is 42.0 Å². The van der Waals surface area contributed by atoms with Crippen LogP contribution in [-0.2, 0) is 0 Å². The number of benzene rings is 1. The first-order chi connectivity index (χ1) is 16.4. The number of hydrogen-bond donors (Lipinski definition) is 4. The van der Waals surface area contributed by atoms with Crippen LogP contribution in [0.2, 0.25) is 0 Å². The Morgan fingerprint density at radius 2 is 2.12 bits per heavy atom. The molecule has 2 aliphatic rings. The van der Waals surface area contributed by atoms with Crippen molar-refractivity contribution < 1.29 is 14.2 Å². The molecule has 5 heterocycles. The maximum Gasteiger partial charge on any atom is 0.326 e. The van der Waals surface area contributed by atoms with E-state index in [0.29, 0.717) is 22.8 Å². The van der Waals surface area contributed by atoms with E-state index in [0.717, 1.165) is 54.6 Å². The molecule has 0 aliphatic carbocycles. The Bertz CT molecular complexity index is 1380. The van der Waals surface area contributed by atoms with E-state index in [9.17, 15) is 9.50 Å². The van der Waals surface area contributed by atoms with Gasteiger partial charge in [-0.3, -0.25) is 4.98 Å². The Morgan fingerprint density at radius 3 is 2.76 bits per heavy atom. The van der Waals surface area contributed by atoms with E-state index in [-0.39, 0.29) is 17.4 Å². The van der Waals surface area contributed by atoms with Gasteiger partial charge in [0.1, 0.15) is 23.0 Å². The van der Waals surface area contributed by atoms with Crippen molar-refractivity contribution in [2.45, 2.75) is 31.4 Å². The molecule has 4 aromatic rings. The van der Waals surface area contributed by atoms with E-state index >= 15 is 0 Å². The van der Waals surface area contributed by atoms with E-state index in [2.05, 4.69) is 30.5 Å². The topological polar surface area (TPSA) is 111 Å². The predicted molar refractivity (Wildman–Crippen MR) is 128 cm³/mol. The second-order valence-electron chi connectivity index (χ2n) is 9.13. The van der Waals surface area contributed by atoms with Crippen LogP contribution in [-0.4, -0.2) is 57.3 Å². The van der Waals surface area contributed by atoms with E-state index in [4.69, 9.17) is 9.72 Å². The standard InChI is InChI=1S/C24H26FN7O2/c1-13(33)17-4-3-15(11-27-17)34-23-30-21-19(16-9-14(25)10-18(26-2)20(16)29-21)22(31-23)32-8-6-24(12-32)5-7-28-24/h3-4,9-11,13,26,28,33H,5-8,12H2,1-2H3,(H,29,30,31). The molecule has 10 heteroatoms. The summed E-state index contributed by atoms with van der Waals surface area (Å²) >= 11 is 0. The van der Waals surface area contributed by atoms with Crippen LogP contribution in [0.5, 0.6) is 11.8 Å². The van der Waals surface area contributed by atoms with Crippen LogP contribution in [0.1, 0.15) is 31.6 Å². The Morgan fingerprint density at radius 1 is 1.26 bits per heavy atom. The lowest BCUT2D eigenvalue weighted by molar-refractivity contribution is 0.194. The zero-order chi connectivity index (χ0) is 23.4. The minimum atomic E-state index is -0.663. The number of ether oxygens (including phenoxy) is 1. The highest BCUT2D eigenvalue weighted by Gasteiger charge is 2.43. The number of halogens is 1. The third-order valence-corrected chi connectivity index (χ3v) is 6.91. The Labute approximate surface area is 195 Å². The summed E-state index contributed by atoms with van der Waals surface area (Å²) < 4.78 is 20.4. The maximum absolute atomic E-state index is 14.5. The van der Waals surface area contributed by atoms with Crippen LogP contribution in [0.25, 0.3) is 21.9 Å². The molecule has 176 valence electrons. The van der Waals surface area contributed by atoms with Gasteiger partial charge in [0.15, 0.2) is 0 Å². The first kappa shape index (κ1) is 21.1. The summed E-state index contributed by atoms with van der Waals surface area (Å²) in [6.45, 7) is 4.35. The molecule has 1 aromatic carbocycles. The normalized spacial score (nSPS) is 20.8. The average Bonchev–Trinajstić information content (AvgIpc) is 3.41. The van der Waals surface area contributed by atoms with Crippen LogP contribution < -0.4 is 20.3 Å². The first-order valence-corrected chi connectivity index (χ1v) is 11.5. The van der Waals surface area contributed by atoms with Crippen LogP contribution in [0.3, 0.4) is 0 Å². The Kier molecular flexibility index (Phi) is 4.82. The second kappa shape index (κ2) is 7.78. The van der Waals surface area contributed by atoms with Gasteiger partial charge >= 0.3 is 6.01 Å². The largest absolute Gasteiger partial charge is 0.423 e. The fraction of sp³-hybridized carbons (Fsp3) is 0.375. The third-order valence-electron chi connectivity index (χ3n) is 6.91. The van der Waals surface area contributed by atoms with Gasteiger partial charge in [0.05, 0.1) is 34.6 Å². The number of rotatable bonds is 5. The predicted octanol–water partition coefficient (Wildman–Crippen LogP) is 3.47. The van der Waals surface area contributed by atoms with Gasteiger partial charge in [-0.2, -0.15) is 9.97 Å². The van der Waals surface area contributed by atoms with Crippen molar-refractivity contribution in [3.63, 3.8) is 0 Å². The van der Waals surface area contributed by atoms with Crippen LogP contribution in [0.15, 0.2) is 30.5 Å². The van der Waals surface area contributed by atoms with Gasteiger partial charge < -0.3 is 30.4 Å². The number of aliphatic hydroxyl groups is 1. The quantitative estimate of drug-likeness (QED) is 0.356. The van der Waals surface area contributed by atoms with Crippen molar-refractivity contribution in [1.82, 2.24) is 25.3 Å². The molecule has 4 N–H and O–H groups in total. The zero-order valence-corrected chi connectivity index (χ0v) is 19.0. The number of hydrogen-bond acceptors (Lipinski definition) is 8. The van der Waals surface area contributed by atoms with Gasteiger partial charge in [-0.05, 0) is 50.6 Å². The number of nitrogens with one attached hydrogen (secondary N) is 3. The lowest BCUT2D eigenvalue weighted by Crippen LogP contribution is -2.58. The van der Waals surface area contributed by atoms with Gasteiger partial charge in [-0.25, -0.2) is 4.39 Å². The van der Waals surface area contributed by atoms with Gasteiger partial charge in [0.25, 0.3) is 0 Å². The maximum atomic E-state index is 14.5. The van der Waals surface area contributed by atoms with E-state index in [1.54, 1.807) is 26.1 Å². The molecule has 2 fully saturated rings. The van der Waals surface area contributed by atoms with Crippen molar-refractivity contribution in [2.24, 2.45) is 0 Å². The molecule has 6 rings (SSSR count). The summed E-state index contributed by atoms with van der Waals surface area (Å²) in [5.41, 5.74) is 2.67. The molecule has 2 saturated heterocycles. The molecule has 9 nitrogen and oxygen atoms in total. The molecule has 3 aromatic heterocycles. The minimum Gasteiger partial charge on any atom is -0.423 e. The van der Waals surface area contributed by atoms with Crippen molar-refractivity contribution in [3.8, 4) is 11.8 Å². The monoisotopic (exact) mass is 463 g/mol. The van der Waals surface area contributed by atoms with Gasteiger partial charge in [0, 0.05) is 31.1 Å². The summed E-state index contributed by atoms with van der Waals surface area (Å²) in [6, 6.07) is 6.59. The van der Waals surface area contributed by atoms with Crippen LogP contribution in [0.4, 0.5) is 15.9 Å². The number of aliphatic hydroxyl groups excluding tert-OH is 1. The van der Waals surface area contributed by atoms with E-state index < -0.39 is 6.10 Å². The van der Waals surface area contributed by atoms with Crippen molar-refractivity contribution in [2.75, 3.05) is 36.9 Å². The average molecular weight is 464 g/mol. The molecular weight excluding hydrogens is 437 g/mol. The molecule has 34 heavy (non-hydrogen) atoms. The van der Waals surface area contributed by atoms with Crippen LogP contribution >= 0.6 is 0 Å².